The van der Waals surface area contributed by atoms with E-state index in [-0.39, 0.29) is 25.0 Å². The SMILES string of the molecule is CC(CCCO)COC(=O)OCC(C)CCCO. The van der Waals surface area contributed by atoms with Crippen LogP contribution in [0.4, 0.5) is 4.79 Å². The fourth-order valence-electron chi connectivity index (χ4n) is 1.51. The van der Waals surface area contributed by atoms with Gasteiger partial charge in [-0.2, -0.15) is 0 Å². The van der Waals surface area contributed by atoms with Crippen molar-refractivity contribution in [1.29, 1.82) is 0 Å². The molecule has 0 aromatic rings. The monoisotopic (exact) mass is 262 g/mol. The molecule has 2 N–H and O–H groups in total. The number of aliphatic hydroxyl groups excluding tert-OH is 2. The van der Waals surface area contributed by atoms with E-state index in [1.807, 2.05) is 13.8 Å². The highest BCUT2D eigenvalue weighted by molar-refractivity contribution is 5.59. The second kappa shape index (κ2) is 11.3. The molecule has 0 fully saturated rings. The highest BCUT2D eigenvalue weighted by Gasteiger charge is 2.10. The second-order valence-electron chi connectivity index (χ2n) is 4.81. The molecule has 0 aliphatic carbocycles. The van der Waals surface area contributed by atoms with Crippen LogP contribution in [0.25, 0.3) is 0 Å². The van der Waals surface area contributed by atoms with Crippen LogP contribution in [0.15, 0.2) is 0 Å². The highest BCUT2D eigenvalue weighted by atomic mass is 16.7. The molecule has 2 unspecified atom stereocenters. The van der Waals surface area contributed by atoms with Crippen LogP contribution in [-0.4, -0.2) is 42.8 Å². The molecule has 0 bridgehead atoms. The third-order valence-electron chi connectivity index (χ3n) is 2.68. The van der Waals surface area contributed by atoms with Gasteiger partial charge in [0.05, 0.1) is 13.2 Å². The molecule has 0 radical (unpaired) electrons. The van der Waals surface area contributed by atoms with E-state index in [1.54, 1.807) is 0 Å². The molecule has 0 saturated heterocycles. The van der Waals surface area contributed by atoms with E-state index in [2.05, 4.69) is 0 Å². The van der Waals surface area contributed by atoms with Crippen molar-refractivity contribution in [2.24, 2.45) is 11.8 Å². The van der Waals surface area contributed by atoms with E-state index in [0.717, 1.165) is 25.7 Å². The molecule has 0 aromatic carbocycles. The number of carbonyl (C=O) groups is 1. The van der Waals surface area contributed by atoms with Gasteiger partial charge in [-0.25, -0.2) is 4.79 Å². The molecule has 0 aliphatic rings. The van der Waals surface area contributed by atoms with Gasteiger partial charge in [-0.15, -0.1) is 0 Å². The van der Waals surface area contributed by atoms with Gasteiger partial charge in [0, 0.05) is 13.2 Å². The first-order valence-corrected chi connectivity index (χ1v) is 6.61. The summed E-state index contributed by atoms with van der Waals surface area (Å²) in [4.78, 5) is 11.3. The summed E-state index contributed by atoms with van der Waals surface area (Å²) in [6, 6.07) is 0. The van der Waals surface area contributed by atoms with E-state index < -0.39 is 6.16 Å². The Morgan fingerprint density at radius 2 is 1.33 bits per heavy atom. The molecule has 108 valence electrons. The van der Waals surface area contributed by atoms with Gasteiger partial charge in [-0.3, -0.25) is 0 Å². The summed E-state index contributed by atoms with van der Waals surface area (Å²) in [6.45, 7) is 4.90. The van der Waals surface area contributed by atoms with Crippen LogP contribution < -0.4 is 0 Å². The van der Waals surface area contributed by atoms with E-state index >= 15 is 0 Å². The summed E-state index contributed by atoms with van der Waals surface area (Å²) < 4.78 is 9.93. The number of rotatable bonds is 10. The Morgan fingerprint density at radius 1 is 0.944 bits per heavy atom. The third kappa shape index (κ3) is 10.4. The standard InChI is InChI=1S/C13H26O5/c1-11(5-3-7-14)9-17-13(16)18-10-12(2)6-4-8-15/h11-12,14-15H,3-10H2,1-2H3. The maximum Gasteiger partial charge on any atom is 0.508 e. The number of ether oxygens (including phenoxy) is 2. The molecule has 0 aromatic heterocycles. The van der Waals surface area contributed by atoms with E-state index in [0.29, 0.717) is 13.2 Å². The van der Waals surface area contributed by atoms with Crippen molar-refractivity contribution in [3.05, 3.63) is 0 Å². The smallest absolute Gasteiger partial charge is 0.434 e. The molecular weight excluding hydrogens is 236 g/mol. The lowest BCUT2D eigenvalue weighted by Gasteiger charge is -2.13. The van der Waals surface area contributed by atoms with Crippen molar-refractivity contribution < 1.29 is 24.5 Å². The van der Waals surface area contributed by atoms with E-state index in [9.17, 15) is 4.79 Å². The Balaban J connectivity index is 3.52. The van der Waals surface area contributed by atoms with Crippen molar-refractivity contribution in [3.63, 3.8) is 0 Å². The fraction of sp³-hybridized carbons (Fsp3) is 0.923. The van der Waals surface area contributed by atoms with Crippen LogP contribution in [0.5, 0.6) is 0 Å². The van der Waals surface area contributed by atoms with Gasteiger partial charge in [0.1, 0.15) is 0 Å². The molecule has 5 nitrogen and oxygen atoms in total. The van der Waals surface area contributed by atoms with Crippen LogP contribution >= 0.6 is 0 Å². The lowest BCUT2D eigenvalue weighted by atomic mass is 10.1. The first kappa shape index (κ1) is 17.2. The zero-order chi connectivity index (χ0) is 13.8. The van der Waals surface area contributed by atoms with E-state index in [1.165, 1.54) is 0 Å². The third-order valence-corrected chi connectivity index (χ3v) is 2.68. The zero-order valence-electron chi connectivity index (χ0n) is 11.4. The summed E-state index contributed by atoms with van der Waals surface area (Å²) in [5.41, 5.74) is 0. The molecule has 18 heavy (non-hydrogen) atoms. The molecule has 0 saturated carbocycles. The van der Waals surface area contributed by atoms with Gasteiger partial charge in [0.15, 0.2) is 0 Å². The van der Waals surface area contributed by atoms with E-state index in [4.69, 9.17) is 19.7 Å². The Labute approximate surface area is 109 Å². The van der Waals surface area contributed by atoms with Crippen LogP contribution in [0.1, 0.15) is 39.5 Å². The molecule has 0 heterocycles. The molecule has 2 atom stereocenters. The predicted molar refractivity (Wildman–Crippen MR) is 68.3 cm³/mol. The number of carbonyl (C=O) groups excluding carboxylic acids is 1. The first-order valence-electron chi connectivity index (χ1n) is 6.61. The van der Waals surface area contributed by atoms with Gasteiger partial charge >= 0.3 is 6.16 Å². The first-order chi connectivity index (χ1) is 8.60. The molecule has 0 spiro atoms. The van der Waals surface area contributed by atoms with Crippen molar-refractivity contribution in [2.75, 3.05) is 26.4 Å². The minimum absolute atomic E-state index is 0.164. The highest BCUT2D eigenvalue weighted by Crippen LogP contribution is 2.08. The average molecular weight is 262 g/mol. The zero-order valence-corrected chi connectivity index (χ0v) is 11.4. The topological polar surface area (TPSA) is 76.0 Å². The minimum Gasteiger partial charge on any atom is -0.434 e. The molecular formula is C13H26O5. The Hall–Kier alpha value is -0.810. The molecule has 0 aliphatic heterocycles. The fourth-order valence-corrected chi connectivity index (χ4v) is 1.51. The van der Waals surface area contributed by atoms with Crippen molar-refractivity contribution >= 4 is 6.16 Å². The summed E-state index contributed by atoms with van der Waals surface area (Å²) >= 11 is 0. The molecule has 0 rings (SSSR count). The average Bonchev–Trinajstić information content (AvgIpc) is 2.37. The molecule has 0 amide bonds. The van der Waals surface area contributed by atoms with Crippen LogP contribution in [0, 0.1) is 11.8 Å². The lowest BCUT2D eigenvalue weighted by molar-refractivity contribution is 0.0350. The normalized spacial score (nSPS) is 14.0. The van der Waals surface area contributed by atoms with Gasteiger partial charge in [0.2, 0.25) is 0 Å². The van der Waals surface area contributed by atoms with Crippen molar-refractivity contribution in [1.82, 2.24) is 0 Å². The lowest BCUT2D eigenvalue weighted by Crippen LogP contribution is -2.16. The van der Waals surface area contributed by atoms with Gasteiger partial charge in [-0.05, 0) is 37.5 Å². The second-order valence-corrected chi connectivity index (χ2v) is 4.81. The maximum atomic E-state index is 11.3. The van der Waals surface area contributed by atoms with Crippen LogP contribution in [0.2, 0.25) is 0 Å². The largest absolute Gasteiger partial charge is 0.508 e. The van der Waals surface area contributed by atoms with Crippen molar-refractivity contribution in [2.45, 2.75) is 39.5 Å². The van der Waals surface area contributed by atoms with Crippen molar-refractivity contribution in [3.8, 4) is 0 Å². The van der Waals surface area contributed by atoms with Gasteiger partial charge in [-0.1, -0.05) is 13.8 Å². The Bertz CT molecular complexity index is 188. The van der Waals surface area contributed by atoms with Crippen LogP contribution in [0.3, 0.4) is 0 Å². The summed E-state index contributed by atoms with van der Waals surface area (Å²) in [7, 11) is 0. The Morgan fingerprint density at radius 3 is 1.67 bits per heavy atom. The molecule has 5 heteroatoms. The summed E-state index contributed by atoms with van der Waals surface area (Å²) in [5.74, 6) is 0.466. The Kier molecular flexibility index (Phi) is 10.8. The summed E-state index contributed by atoms with van der Waals surface area (Å²) in [6.07, 6.45) is 2.46. The number of aliphatic hydroxyl groups is 2. The minimum atomic E-state index is -0.637. The van der Waals surface area contributed by atoms with Gasteiger partial charge < -0.3 is 19.7 Å². The quantitative estimate of drug-likeness (QED) is 0.589. The number of hydrogen-bond donors (Lipinski definition) is 2. The van der Waals surface area contributed by atoms with Gasteiger partial charge in [0.25, 0.3) is 0 Å². The number of hydrogen-bond acceptors (Lipinski definition) is 5. The van der Waals surface area contributed by atoms with Crippen LogP contribution in [-0.2, 0) is 9.47 Å². The maximum absolute atomic E-state index is 11.3. The summed E-state index contributed by atoms with van der Waals surface area (Å²) in [5, 5.41) is 17.3. The predicted octanol–water partition coefficient (Wildman–Crippen LogP) is 1.96.